The van der Waals surface area contributed by atoms with Gasteiger partial charge in [-0.2, -0.15) is 0 Å². The van der Waals surface area contributed by atoms with Crippen molar-refractivity contribution in [3.63, 3.8) is 0 Å². The highest BCUT2D eigenvalue weighted by molar-refractivity contribution is 5.85. The molecule has 84 valence electrons. The van der Waals surface area contributed by atoms with Crippen molar-refractivity contribution >= 4 is 12.4 Å². The van der Waals surface area contributed by atoms with Gasteiger partial charge in [0.05, 0.1) is 6.61 Å². The van der Waals surface area contributed by atoms with Crippen molar-refractivity contribution in [3.8, 4) is 0 Å². The summed E-state index contributed by atoms with van der Waals surface area (Å²) in [5.41, 5.74) is -0.0819. The molecule has 0 amide bonds. The third kappa shape index (κ3) is 2.83. The second-order valence-corrected chi connectivity index (χ2v) is 4.58. The molecule has 2 heterocycles. The fourth-order valence-corrected chi connectivity index (χ4v) is 2.43. The monoisotopic (exact) mass is 220 g/mol. The Morgan fingerprint density at radius 3 is 2.79 bits per heavy atom. The number of nitrogens with one attached hydrogen (secondary N) is 2. The van der Waals surface area contributed by atoms with Gasteiger partial charge in [-0.3, -0.25) is 5.32 Å². The first kappa shape index (κ1) is 12.2. The lowest BCUT2D eigenvalue weighted by Crippen LogP contribution is -2.45. The second-order valence-electron chi connectivity index (χ2n) is 4.58. The first-order valence-electron chi connectivity index (χ1n) is 5.33. The molecule has 0 aliphatic carbocycles. The van der Waals surface area contributed by atoms with E-state index in [-0.39, 0.29) is 18.1 Å². The molecule has 3 nitrogen and oxygen atoms in total. The number of rotatable bonds is 2. The van der Waals surface area contributed by atoms with E-state index < -0.39 is 0 Å². The first-order valence-corrected chi connectivity index (χ1v) is 5.33. The average molecular weight is 221 g/mol. The van der Waals surface area contributed by atoms with E-state index in [0.29, 0.717) is 12.1 Å². The van der Waals surface area contributed by atoms with E-state index in [9.17, 15) is 0 Å². The lowest BCUT2D eigenvalue weighted by molar-refractivity contribution is -0.00709. The molecule has 0 radical (unpaired) electrons. The van der Waals surface area contributed by atoms with Gasteiger partial charge in [0.1, 0.15) is 5.72 Å². The van der Waals surface area contributed by atoms with Crippen LogP contribution < -0.4 is 10.6 Å². The summed E-state index contributed by atoms with van der Waals surface area (Å²) in [5.74, 6) is 0. The van der Waals surface area contributed by atoms with Crippen LogP contribution in [0.1, 0.15) is 33.1 Å². The highest BCUT2D eigenvalue weighted by Crippen LogP contribution is 2.24. The van der Waals surface area contributed by atoms with Gasteiger partial charge < -0.3 is 10.1 Å². The normalized spacial score (nSPS) is 42.4. The molecule has 2 rings (SSSR count). The zero-order valence-electron chi connectivity index (χ0n) is 9.01. The average Bonchev–Trinajstić information content (AvgIpc) is 2.62. The van der Waals surface area contributed by atoms with Crippen LogP contribution in [0.3, 0.4) is 0 Å². The standard InChI is InChI=1S/C10H20N2O.ClH/c1-8-7-13-10(2,12-8)6-9-4-3-5-11-9;/h8-9,11-12H,3-7H2,1-2H3;1H. The van der Waals surface area contributed by atoms with Crippen molar-refractivity contribution in [2.24, 2.45) is 0 Å². The highest BCUT2D eigenvalue weighted by Gasteiger charge is 2.35. The molecule has 0 aromatic rings. The maximum Gasteiger partial charge on any atom is 0.118 e. The Hall–Kier alpha value is 0.170. The molecule has 2 saturated heterocycles. The van der Waals surface area contributed by atoms with Crippen molar-refractivity contribution in [3.05, 3.63) is 0 Å². The molecule has 0 bridgehead atoms. The number of ether oxygens (including phenoxy) is 1. The topological polar surface area (TPSA) is 33.3 Å². The van der Waals surface area contributed by atoms with Crippen molar-refractivity contribution in [2.75, 3.05) is 13.2 Å². The molecule has 0 aromatic carbocycles. The third-order valence-corrected chi connectivity index (χ3v) is 3.00. The lowest BCUT2D eigenvalue weighted by atomic mass is 10.0. The molecular formula is C10H21ClN2O. The number of hydrogen-bond donors (Lipinski definition) is 2. The van der Waals surface area contributed by atoms with Gasteiger partial charge in [0.2, 0.25) is 0 Å². The number of hydrogen-bond acceptors (Lipinski definition) is 3. The molecule has 2 aliphatic rings. The summed E-state index contributed by atoms with van der Waals surface area (Å²) in [6.07, 6.45) is 3.71. The van der Waals surface area contributed by atoms with Gasteiger partial charge in [-0.05, 0) is 33.2 Å². The van der Waals surface area contributed by atoms with Gasteiger partial charge in [-0.15, -0.1) is 12.4 Å². The summed E-state index contributed by atoms with van der Waals surface area (Å²) in [6.45, 7) is 6.36. The van der Waals surface area contributed by atoms with E-state index in [4.69, 9.17) is 4.74 Å². The Kier molecular flexibility index (Phi) is 4.19. The van der Waals surface area contributed by atoms with E-state index in [2.05, 4.69) is 24.5 Å². The van der Waals surface area contributed by atoms with Gasteiger partial charge in [-0.25, -0.2) is 0 Å². The van der Waals surface area contributed by atoms with Crippen LogP contribution in [0.4, 0.5) is 0 Å². The zero-order chi connectivity index (χ0) is 9.31. The molecule has 0 spiro atoms. The van der Waals surface area contributed by atoms with Crippen LogP contribution in [-0.2, 0) is 4.74 Å². The van der Waals surface area contributed by atoms with Crippen molar-refractivity contribution in [2.45, 2.75) is 50.9 Å². The molecule has 0 aromatic heterocycles. The van der Waals surface area contributed by atoms with Gasteiger partial charge in [0, 0.05) is 18.5 Å². The van der Waals surface area contributed by atoms with Gasteiger partial charge in [-0.1, -0.05) is 0 Å². The predicted molar refractivity (Wildman–Crippen MR) is 59.8 cm³/mol. The molecule has 2 fully saturated rings. The fourth-order valence-electron chi connectivity index (χ4n) is 2.43. The van der Waals surface area contributed by atoms with Crippen LogP contribution in [0.2, 0.25) is 0 Å². The fraction of sp³-hybridized carbons (Fsp3) is 1.00. The molecule has 3 unspecified atom stereocenters. The Bertz CT molecular complexity index is 185. The van der Waals surface area contributed by atoms with Gasteiger partial charge in [0.25, 0.3) is 0 Å². The smallest absolute Gasteiger partial charge is 0.118 e. The summed E-state index contributed by atoms with van der Waals surface area (Å²) in [5, 5.41) is 7.00. The van der Waals surface area contributed by atoms with E-state index in [0.717, 1.165) is 13.0 Å². The second kappa shape index (κ2) is 4.79. The minimum atomic E-state index is -0.0819. The lowest BCUT2D eigenvalue weighted by Gasteiger charge is -2.27. The van der Waals surface area contributed by atoms with Crippen LogP contribution in [0.5, 0.6) is 0 Å². The van der Waals surface area contributed by atoms with Crippen molar-refractivity contribution < 1.29 is 4.74 Å². The summed E-state index contributed by atoms with van der Waals surface area (Å²) in [7, 11) is 0. The molecular weight excluding hydrogens is 200 g/mol. The molecule has 4 heteroatoms. The highest BCUT2D eigenvalue weighted by atomic mass is 35.5. The van der Waals surface area contributed by atoms with E-state index in [1.165, 1.54) is 19.4 Å². The van der Waals surface area contributed by atoms with Crippen LogP contribution in [0.15, 0.2) is 0 Å². The third-order valence-electron chi connectivity index (χ3n) is 3.00. The van der Waals surface area contributed by atoms with Crippen molar-refractivity contribution in [1.29, 1.82) is 0 Å². The quantitative estimate of drug-likeness (QED) is 0.736. The SMILES string of the molecule is CC1COC(C)(CC2CCCN2)N1.Cl. The van der Waals surface area contributed by atoms with Crippen molar-refractivity contribution in [1.82, 2.24) is 10.6 Å². The van der Waals surface area contributed by atoms with Gasteiger partial charge >= 0.3 is 0 Å². The Labute approximate surface area is 92.4 Å². The molecule has 2 aliphatic heterocycles. The Morgan fingerprint density at radius 2 is 2.29 bits per heavy atom. The van der Waals surface area contributed by atoms with E-state index >= 15 is 0 Å². The minimum absolute atomic E-state index is 0. The molecule has 14 heavy (non-hydrogen) atoms. The van der Waals surface area contributed by atoms with Crippen LogP contribution in [0, 0.1) is 0 Å². The summed E-state index contributed by atoms with van der Waals surface area (Å²) >= 11 is 0. The maximum atomic E-state index is 5.76. The maximum absolute atomic E-state index is 5.76. The Balaban J connectivity index is 0.000000980. The van der Waals surface area contributed by atoms with Crippen LogP contribution in [0.25, 0.3) is 0 Å². The molecule has 2 N–H and O–H groups in total. The van der Waals surface area contributed by atoms with Gasteiger partial charge in [0.15, 0.2) is 0 Å². The summed E-state index contributed by atoms with van der Waals surface area (Å²) in [4.78, 5) is 0. The van der Waals surface area contributed by atoms with Crippen LogP contribution >= 0.6 is 12.4 Å². The number of halogens is 1. The minimum Gasteiger partial charge on any atom is -0.359 e. The molecule has 3 atom stereocenters. The zero-order valence-corrected chi connectivity index (χ0v) is 9.82. The largest absolute Gasteiger partial charge is 0.359 e. The predicted octanol–water partition coefficient (Wildman–Crippen LogP) is 1.27. The summed E-state index contributed by atoms with van der Waals surface area (Å²) in [6, 6.07) is 1.16. The van der Waals surface area contributed by atoms with E-state index in [1.54, 1.807) is 0 Å². The molecule has 0 saturated carbocycles. The van der Waals surface area contributed by atoms with Crippen LogP contribution in [-0.4, -0.2) is 31.0 Å². The Morgan fingerprint density at radius 1 is 1.50 bits per heavy atom. The first-order chi connectivity index (χ1) is 6.18. The van der Waals surface area contributed by atoms with E-state index in [1.807, 2.05) is 0 Å². The summed E-state index contributed by atoms with van der Waals surface area (Å²) < 4.78 is 5.76.